The van der Waals surface area contributed by atoms with Crippen molar-refractivity contribution >= 4 is 33.3 Å². The second kappa shape index (κ2) is 6.14. The van der Waals surface area contributed by atoms with Crippen LogP contribution in [0, 0.1) is 5.92 Å². The minimum absolute atomic E-state index is 0.189. The minimum Gasteiger partial charge on any atom is -0.383 e. The fraction of sp³-hybridized carbons (Fsp3) is 0.500. The number of fused-ring (bicyclic) bond motifs is 1. The van der Waals surface area contributed by atoms with Crippen molar-refractivity contribution in [1.29, 1.82) is 0 Å². The van der Waals surface area contributed by atoms with Gasteiger partial charge in [0.25, 0.3) is 0 Å². The molecule has 7 heteroatoms. The third-order valence-electron chi connectivity index (χ3n) is 2.93. The van der Waals surface area contributed by atoms with E-state index in [1.165, 1.54) is 0 Å². The zero-order valence-corrected chi connectivity index (χ0v) is 12.1. The van der Waals surface area contributed by atoms with E-state index in [-0.39, 0.29) is 6.04 Å². The Balaban J connectivity index is 2.34. The van der Waals surface area contributed by atoms with E-state index in [0.717, 1.165) is 16.0 Å². The van der Waals surface area contributed by atoms with Crippen molar-refractivity contribution in [3.8, 4) is 0 Å². The van der Waals surface area contributed by atoms with Gasteiger partial charge in [0.05, 0.1) is 18.0 Å². The Labute approximate surface area is 116 Å². The number of hydrogen-bond donors (Lipinski definition) is 3. The fourth-order valence-corrected chi connectivity index (χ4v) is 2.55. The molecular formula is C12H19N5OS. The van der Waals surface area contributed by atoms with Gasteiger partial charge in [0.15, 0.2) is 0 Å². The number of rotatable bonds is 6. The van der Waals surface area contributed by atoms with Gasteiger partial charge in [-0.3, -0.25) is 5.43 Å². The number of methoxy groups -OCH3 is 1. The highest BCUT2D eigenvalue weighted by Gasteiger charge is 2.16. The second-order valence-corrected chi connectivity index (χ2v) is 5.52. The van der Waals surface area contributed by atoms with Gasteiger partial charge in [0, 0.05) is 7.11 Å². The number of aromatic nitrogens is 2. The van der Waals surface area contributed by atoms with Crippen LogP contribution in [0.5, 0.6) is 0 Å². The fourth-order valence-electron chi connectivity index (χ4n) is 1.79. The van der Waals surface area contributed by atoms with E-state index in [2.05, 4.69) is 34.6 Å². The van der Waals surface area contributed by atoms with E-state index >= 15 is 0 Å². The van der Waals surface area contributed by atoms with Crippen LogP contribution in [0.2, 0.25) is 0 Å². The molecule has 0 aliphatic carbocycles. The van der Waals surface area contributed by atoms with E-state index in [0.29, 0.717) is 18.5 Å². The molecule has 0 aromatic carbocycles. The predicted octanol–water partition coefficient (Wildman–Crippen LogP) is 2.06. The van der Waals surface area contributed by atoms with Crippen molar-refractivity contribution in [2.45, 2.75) is 19.9 Å². The predicted molar refractivity (Wildman–Crippen MR) is 79.3 cm³/mol. The van der Waals surface area contributed by atoms with Crippen LogP contribution < -0.4 is 16.6 Å². The summed E-state index contributed by atoms with van der Waals surface area (Å²) in [5.74, 6) is 7.03. The molecule has 2 rings (SSSR count). The first-order valence-corrected chi connectivity index (χ1v) is 7.01. The van der Waals surface area contributed by atoms with Gasteiger partial charge in [-0.1, -0.05) is 13.8 Å². The summed E-state index contributed by atoms with van der Waals surface area (Å²) in [4.78, 5) is 9.61. The molecule has 4 N–H and O–H groups in total. The lowest BCUT2D eigenvalue weighted by Crippen LogP contribution is -2.31. The smallest absolute Gasteiger partial charge is 0.240 e. The molecule has 2 aromatic rings. The van der Waals surface area contributed by atoms with E-state index in [1.807, 2.05) is 11.4 Å². The average Bonchev–Trinajstić information content (AvgIpc) is 2.86. The highest BCUT2D eigenvalue weighted by molar-refractivity contribution is 7.16. The molecule has 0 aliphatic heterocycles. The van der Waals surface area contributed by atoms with Crippen molar-refractivity contribution in [3.05, 3.63) is 11.4 Å². The lowest BCUT2D eigenvalue weighted by molar-refractivity contribution is 0.171. The van der Waals surface area contributed by atoms with Crippen LogP contribution in [-0.2, 0) is 4.74 Å². The van der Waals surface area contributed by atoms with E-state index < -0.39 is 0 Å². The van der Waals surface area contributed by atoms with Crippen LogP contribution in [0.15, 0.2) is 11.4 Å². The molecule has 0 spiro atoms. The maximum atomic E-state index is 5.40. The van der Waals surface area contributed by atoms with Crippen LogP contribution in [0.4, 0.5) is 11.8 Å². The highest BCUT2D eigenvalue weighted by Crippen LogP contribution is 2.27. The zero-order chi connectivity index (χ0) is 13.8. The highest BCUT2D eigenvalue weighted by atomic mass is 32.1. The molecule has 1 unspecified atom stereocenters. The Hall–Kier alpha value is -1.44. The summed E-state index contributed by atoms with van der Waals surface area (Å²) in [5.41, 5.74) is 2.50. The lowest BCUT2D eigenvalue weighted by Gasteiger charge is -2.22. The van der Waals surface area contributed by atoms with Crippen LogP contribution in [0.25, 0.3) is 10.2 Å². The Bertz CT molecular complexity index is 542. The van der Waals surface area contributed by atoms with E-state index in [1.54, 1.807) is 18.4 Å². The van der Waals surface area contributed by atoms with Gasteiger partial charge in [-0.25, -0.2) is 10.8 Å². The second-order valence-electron chi connectivity index (χ2n) is 4.63. The quantitative estimate of drug-likeness (QED) is 0.555. The molecule has 0 radical (unpaired) electrons. The van der Waals surface area contributed by atoms with E-state index in [4.69, 9.17) is 10.6 Å². The van der Waals surface area contributed by atoms with Crippen LogP contribution in [0.3, 0.4) is 0 Å². The number of hydrazine groups is 1. The summed E-state index contributed by atoms with van der Waals surface area (Å²) in [5, 5.41) is 6.42. The Morgan fingerprint density at radius 3 is 2.84 bits per heavy atom. The van der Waals surface area contributed by atoms with Gasteiger partial charge in [-0.2, -0.15) is 4.98 Å². The SMILES string of the molecule is COCC(Nc1nc(NN)nc2sccc12)C(C)C. The molecule has 19 heavy (non-hydrogen) atoms. The molecule has 1 atom stereocenters. The molecule has 0 amide bonds. The summed E-state index contributed by atoms with van der Waals surface area (Å²) >= 11 is 1.56. The Morgan fingerprint density at radius 2 is 2.21 bits per heavy atom. The molecule has 104 valence electrons. The van der Waals surface area contributed by atoms with Gasteiger partial charge in [0.1, 0.15) is 10.6 Å². The molecule has 6 nitrogen and oxygen atoms in total. The van der Waals surface area contributed by atoms with Crippen LogP contribution in [0.1, 0.15) is 13.8 Å². The van der Waals surface area contributed by atoms with Gasteiger partial charge < -0.3 is 10.1 Å². The number of thiophene rings is 1. The molecule has 0 saturated carbocycles. The summed E-state index contributed by atoms with van der Waals surface area (Å²) in [7, 11) is 1.70. The molecule has 2 heterocycles. The third-order valence-corrected chi connectivity index (χ3v) is 3.73. The van der Waals surface area contributed by atoms with Gasteiger partial charge in [0.2, 0.25) is 5.95 Å². The largest absolute Gasteiger partial charge is 0.383 e. The van der Waals surface area contributed by atoms with Crippen molar-refractivity contribution in [3.63, 3.8) is 0 Å². The maximum absolute atomic E-state index is 5.40. The van der Waals surface area contributed by atoms with Gasteiger partial charge in [-0.05, 0) is 17.4 Å². The number of anilines is 2. The number of nitrogens with one attached hydrogen (secondary N) is 2. The topological polar surface area (TPSA) is 85.1 Å². The molecule has 0 saturated heterocycles. The van der Waals surface area contributed by atoms with Crippen LogP contribution >= 0.6 is 11.3 Å². The molecule has 0 aliphatic rings. The number of hydrogen-bond acceptors (Lipinski definition) is 7. The number of nitrogens with two attached hydrogens (primary N) is 1. The Kier molecular flexibility index (Phi) is 4.52. The lowest BCUT2D eigenvalue weighted by atomic mass is 10.1. The standard InChI is InChI=1S/C12H19N5OS/c1-7(2)9(6-18-3)14-10-8-4-5-19-11(8)16-12(15-10)17-13/h4-5,7,9H,6,13H2,1-3H3,(H2,14,15,16,17). The van der Waals surface area contributed by atoms with Crippen molar-refractivity contribution in [2.24, 2.45) is 11.8 Å². The molecular weight excluding hydrogens is 262 g/mol. The number of nitrogen functional groups attached to an aromatic ring is 1. The van der Waals surface area contributed by atoms with E-state index in [9.17, 15) is 0 Å². The van der Waals surface area contributed by atoms with Crippen molar-refractivity contribution < 1.29 is 4.74 Å². The summed E-state index contributed by atoms with van der Waals surface area (Å²) in [6.45, 7) is 4.91. The maximum Gasteiger partial charge on any atom is 0.240 e. The normalized spacial score (nSPS) is 12.9. The van der Waals surface area contributed by atoms with Crippen molar-refractivity contribution in [2.75, 3.05) is 24.5 Å². The average molecular weight is 281 g/mol. The van der Waals surface area contributed by atoms with Gasteiger partial charge >= 0.3 is 0 Å². The molecule has 2 aromatic heterocycles. The first-order chi connectivity index (χ1) is 9.15. The first-order valence-electron chi connectivity index (χ1n) is 6.13. The van der Waals surface area contributed by atoms with Gasteiger partial charge in [-0.15, -0.1) is 11.3 Å². The summed E-state index contributed by atoms with van der Waals surface area (Å²) in [6.07, 6.45) is 0. The van der Waals surface area contributed by atoms with Crippen molar-refractivity contribution in [1.82, 2.24) is 9.97 Å². The monoisotopic (exact) mass is 281 g/mol. The minimum atomic E-state index is 0.189. The summed E-state index contributed by atoms with van der Waals surface area (Å²) in [6, 6.07) is 2.20. The van der Waals surface area contributed by atoms with Crippen LogP contribution in [-0.4, -0.2) is 29.7 Å². The molecule has 0 fully saturated rings. The molecule has 0 bridgehead atoms. The third kappa shape index (κ3) is 3.12. The number of ether oxygens (including phenoxy) is 1. The number of nitrogens with zero attached hydrogens (tertiary/aromatic N) is 2. The first kappa shape index (κ1) is 14.0. The summed E-state index contributed by atoms with van der Waals surface area (Å²) < 4.78 is 5.24. The zero-order valence-electron chi connectivity index (χ0n) is 11.3. The Morgan fingerprint density at radius 1 is 1.42 bits per heavy atom.